The van der Waals surface area contributed by atoms with Crippen LogP contribution in [0.2, 0.25) is 0 Å². The zero-order chi connectivity index (χ0) is 15.6. The predicted octanol–water partition coefficient (Wildman–Crippen LogP) is 4.67. The lowest BCUT2D eigenvalue weighted by Crippen LogP contribution is -2.29. The molecule has 0 aromatic heterocycles. The first-order chi connectivity index (χ1) is 9.90. The van der Waals surface area contributed by atoms with E-state index in [-0.39, 0.29) is 11.9 Å². The van der Waals surface area contributed by atoms with Crippen LogP contribution in [0.4, 0.5) is 4.39 Å². The highest BCUT2D eigenvalue weighted by Crippen LogP contribution is 2.31. The van der Waals surface area contributed by atoms with Gasteiger partial charge in [0.15, 0.2) is 0 Å². The van der Waals surface area contributed by atoms with Crippen molar-refractivity contribution < 1.29 is 9.13 Å². The minimum absolute atomic E-state index is 0.301. The molecular formula is C17H19BrFNO. The summed E-state index contributed by atoms with van der Waals surface area (Å²) >= 11 is 3.52. The van der Waals surface area contributed by atoms with Gasteiger partial charge in [-0.1, -0.05) is 34.1 Å². The topological polar surface area (TPSA) is 35.2 Å². The minimum atomic E-state index is -0.522. The van der Waals surface area contributed by atoms with Gasteiger partial charge in [0.2, 0.25) is 0 Å². The second-order valence-electron chi connectivity index (χ2n) is 5.29. The maximum Gasteiger partial charge on any atom is 0.141 e. The van der Waals surface area contributed by atoms with Crippen molar-refractivity contribution in [1.82, 2.24) is 0 Å². The maximum absolute atomic E-state index is 14.0. The van der Waals surface area contributed by atoms with Gasteiger partial charge in [0, 0.05) is 16.1 Å². The molecule has 2 N–H and O–H groups in total. The minimum Gasteiger partial charge on any atom is -0.484 e. The monoisotopic (exact) mass is 351 g/mol. The Hall–Kier alpha value is -1.39. The molecule has 4 heteroatoms. The summed E-state index contributed by atoms with van der Waals surface area (Å²) < 4.78 is 21.0. The van der Waals surface area contributed by atoms with E-state index in [1.165, 1.54) is 6.07 Å². The molecule has 0 amide bonds. The van der Waals surface area contributed by atoms with Crippen LogP contribution in [0.15, 0.2) is 40.9 Å². The van der Waals surface area contributed by atoms with Crippen molar-refractivity contribution in [2.24, 2.45) is 5.73 Å². The molecule has 0 saturated heterocycles. The zero-order valence-corrected chi connectivity index (χ0v) is 13.9. The lowest BCUT2D eigenvalue weighted by atomic mass is 10.0. The van der Waals surface area contributed by atoms with Crippen LogP contribution in [0.3, 0.4) is 0 Å². The van der Waals surface area contributed by atoms with Crippen LogP contribution in [0.5, 0.6) is 5.75 Å². The van der Waals surface area contributed by atoms with Crippen molar-refractivity contribution in [1.29, 1.82) is 0 Å². The first-order valence-electron chi connectivity index (χ1n) is 6.83. The van der Waals surface area contributed by atoms with Crippen molar-refractivity contribution in [2.45, 2.75) is 32.9 Å². The molecule has 2 atom stereocenters. The fourth-order valence-corrected chi connectivity index (χ4v) is 2.51. The number of rotatable bonds is 4. The van der Waals surface area contributed by atoms with Gasteiger partial charge in [-0.15, -0.1) is 0 Å². The predicted molar refractivity (Wildman–Crippen MR) is 87.0 cm³/mol. The number of hydrogen-bond donors (Lipinski definition) is 1. The first-order valence-corrected chi connectivity index (χ1v) is 7.63. The van der Waals surface area contributed by atoms with Gasteiger partial charge in [0.25, 0.3) is 0 Å². The van der Waals surface area contributed by atoms with Gasteiger partial charge in [0.05, 0.1) is 0 Å². The maximum atomic E-state index is 14.0. The van der Waals surface area contributed by atoms with E-state index in [1.54, 1.807) is 18.2 Å². The van der Waals surface area contributed by atoms with Crippen molar-refractivity contribution >= 4 is 15.9 Å². The average Bonchev–Trinajstić information content (AvgIpc) is 2.42. The van der Waals surface area contributed by atoms with Crippen molar-refractivity contribution in [3.63, 3.8) is 0 Å². The van der Waals surface area contributed by atoms with Gasteiger partial charge in [-0.2, -0.15) is 0 Å². The molecule has 0 radical (unpaired) electrons. The van der Waals surface area contributed by atoms with Crippen molar-refractivity contribution in [2.75, 3.05) is 0 Å². The molecule has 2 nitrogen and oxygen atoms in total. The summed E-state index contributed by atoms with van der Waals surface area (Å²) in [6.07, 6.45) is -0.522. The molecule has 0 spiro atoms. The zero-order valence-electron chi connectivity index (χ0n) is 12.4. The summed E-state index contributed by atoms with van der Waals surface area (Å²) in [5, 5.41) is 0. The summed E-state index contributed by atoms with van der Waals surface area (Å²) in [6.45, 7) is 5.80. The van der Waals surface area contributed by atoms with Crippen LogP contribution in [-0.2, 0) is 0 Å². The Morgan fingerprint density at radius 1 is 1.14 bits per heavy atom. The Bertz CT molecular complexity index is 619. The highest BCUT2D eigenvalue weighted by Gasteiger charge is 2.22. The summed E-state index contributed by atoms with van der Waals surface area (Å²) in [6, 6.07) is 10.1. The second-order valence-corrected chi connectivity index (χ2v) is 6.08. The molecule has 21 heavy (non-hydrogen) atoms. The Morgan fingerprint density at radius 3 is 2.24 bits per heavy atom. The standard InChI is InChI=1S/C17H19BrFNO/c1-10-8-13(9-11(2)16(10)18)21-17(12(3)20)14-6-4-5-7-15(14)19/h4-9,12,17H,20H2,1-3H3. The number of ether oxygens (including phenoxy) is 1. The van der Waals surface area contributed by atoms with Crippen LogP contribution in [0, 0.1) is 19.7 Å². The van der Waals surface area contributed by atoms with Crippen LogP contribution < -0.4 is 10.5 Å². The molecule has 0 aliphatic rings. The highest BCUT2D eigenvalue weighted by molar-refractivity contribution is 9.10. The second kappa shape index (κ2) is 6.58. The third-order valence-electron chi connectivity index (χ3n) is 3.36. The molecule has 0 aliphatic heterocycles. The van der Waals surface area contributed by atoms with E-state index < -0.39 is 6.10 Å². The Balaban J connectivity index is 2.36. The summed E-state index contributed by atoms with van der Waals surface area (Å²) in [4.78, 5) is 0. The number of aryl methyl sites for hydroxylation is 2. The molecule has 2 rings (SSSR count). The van der Waals surface area contributed by atoms with Crippen LogP contribution in [-0.4, -0.2) is 6.04 Å². The van der Waals surface area contributed by atoms with Crippen LogP contribution in [0.25, 0.3) is 0 Å². The van der Waals surface area contributed by atoms with Crippen LogP contribution >= 0.6 is 15.9 Å². The quantitative estimate of drug-likeness (QED) is 0.868. The molecule has 2 unspecified atom stereocenters. The number of halogens is 2. The fraction of sp³-hybridized carbons (Fsp3) is 0.294. The van der Waals surface area contributed by atoms with Gasteiger partial charge in [-0.05, 0) is 50.1 Å². The van der Waals surface area contributed by atoms with E-state index in [1.807, 2.05) is 32.9 Å². The van der Waals surface area contributed by atoms with E-state index in [0.29, 0.717) is 11.3 Å². The summed E-state index contributed by atoms with van der Waals surface area (Å²) in [5.74, 6) is 0.393. The van der Waals surface area contributed by atoms with Gasteiger partial charge < -0.3 is 10.5 Å². The normalized spacial score (nSPS) is 13.8. The largest absolute Gasteiger partial charge is 0.484 e. The lowest BCUT2D eigenvalue weighted by molar-refractivity contribution is 0.175. The van der Waals surface area contributed by atoms with E-state index in [2.05, 4.69) is 15.9 Å². The smallest absolute Gasteiger partial charge is 0.141 e. The average molecular weight is 352 g/mol. The first kappa shape index (κ1) is 16.0. The third kappa shape index (κ3) is 3.63. The van der Waals surface area contributed by atoms with Crippen molar-refractivity contribution in [3.05, 3.63) is 63.4 Å². The van der Waals surface area contributed by atoms with Gasteiger partial charge in [-0.25, -0.2) is 4.39 Å². The van der Waals surface area contributed by atoms with Crippen molar-refractivity contribution in [3.8, 4) is 5.75 Å². The Labute approximate surface area is 133 Å². The van der Waals surface area contributed by atoms with E-state index >= 15 is 0 Å². The van der Waals surface area contributed by atoms with Gasteiger partial charge in [0.1, 0.15) is 17.7 Å². The van der Waals surface area contributed by atoms with E-state index in [9.17, 15) is 4.39 Å². The third-order valence-corrected chi connectivity index (χ3v) is 4.61. The van der Waals surface area contributed by atoms with E-state index in [4.69, 9.17) is 10.5 Å². The molecule has 112 valence electrons. The number of nitrogens with two attached hydrogens (primary N) is 1. The molecule has 0 aliphatic carbocycles. The molecule has 2 aromatic rings. The Morgan fingerprint density at radius 2 is 1.71 bits per heavy atom. The van der Waals surface area contributed by atoms with Gasteiger partial charge >= 0.3 is 0 Å². The number of hydrogen-bond acceptors (Lipinski definition) is 2. The molecule has 0 heterocycles. The lowest BCUT2D eigenvalue weighted by Gasteiger charge is -2.24. The summed E-state index contributed by atoms with van der Waals surface area (Å²) in [5.41, 5.74) is 8.61. The molecule has 0 fully saturated rings. The summed E-state index contributed by atoms with van der Waals surface area (Å²) in [7, 11) is 0. The molecule has 0 bridgehead atoms. The molecule has 0 saturated carbocycles. The fourth-order valence-electron chi connectivity index (χ4n) is 2.28. The SMILES string of the molecule is Cc1cc(OC(c2ccccc2F)C(C)N)cc(C)c1Br. The molecular weight excluding hydrogens is 333 g/mol. The highest BCUT2D eigenvalue weighted by atomic mass is 79.9. The Kier molecular flexibility index (Phi) is 5.01. The van der Waals surface area contributed by atoms with Gasteiger partial charge in [-0.3, -0.25) is 0 Å². The molecule has 2 aromatic carbocycles. The number of benzene rings is 2. The van der Waals surface area contributed by atoms with E-state index in [0.717, 1.165) is 15.6 Å². The van der Waals surface area contributed by atoms with Crippen LogP contribution in [0.1, 0.15) is 29.7 Å².